The van der Waals surface area contributed by atoms with Gasteiger partial charge in [-0.15, -0.1) is 0 Å². The van der Waals surface area contributed by atoms with E-state index < -0.39 is 0 Å². The van der Waals surface area contributed by atoms with Gasteiger partial charge in [0.15, 0.2) is 0 Å². The fourth-order valence-corrected chi connectivity index (χ4v) is 1.79. The van der Waals surface area contributed by atoms with E-state index in [1.165, 1.54) is 12.1 Å². The summed E-state index contributed by atoms with van der Waals surface area (Å²) in [6.07, 6.45) is 5.27. The minimum Gasteiger partial charge on any atom is -0.292 e. The second kappa shape index (κ2) is 5.03. The van der Waals surface area contributed by atoms with E-state index in [1.807, 2.05) is 11.7 Å². The zero-order chi connectivity index (χ0) is 10.6. The van der Waals surface area contributed by atoms with Crippen LogP contribution in [0.3, 0.4) is 0 Å². The number of rotatable bonds is 5. The first-order chi connectivity index (χ1) is 6.70. The summed E-state index contributed by atoms with van der Waals surface area (Å²) >= 11 is 0. The summed E-state index contributed by atoms with van der Waals surface area (Å²) in [5.41, 5.74) is 2.28. The van der Waals surface area contributed by atoms with Gasteiger partial charge in [0, 0.05) is 18.3 Å². The molecule has 0 aliphatic carbocycles. The predicted octanol–water partition coefficient (Wildman–Crippen LogP) is 2.01. The Morgan fingerprint density at radius 3 is 2.50 bits per heavy atom. The highest BCUT2D eigenvalue weighted by Crippen LogP contribution is 2.09. The highest BCUT2D eigenvalue weighted by molar-refractivity contribution is 5.18. The average Bonchev–Trinajstić information content (AvgIpc) is 2.40. The fourth-order valence-electron chi connectivity index (χ4n) is 1.79. The second-order valence-electron chi connectivity index (χ2n) is 3.78. The van der Waals surface area contributed by atoms with E-state index in [2.05, 4.69) is 18.9 Å². The average molecular weight is 196 g/mol. The molecule has 1 aromatic rings. The number of hydrogen-bond donors (Lipinski definition) is 1. The molecule has 0 aliphatic rings. The zero-order valence-corrected chi connectivity index (χ0v) is 9.39. The Hall–Kier alpha value is -0.990. The Bertz CT molecular complexity index is 336. The highest BCUT2D eigenvalue weighted by atomic mass is 16.1. The largest absolute Gasteiger partial charge is 0.292 e. The van der Waals surface area contributed by atoms with E-state index in [1.54, 1.807) is 0 Å². The van der Waals surface area contributed by atoms with Crippen LogP contribution < -0.4 is 5.56 Å². The number of aromatic nitrogens is 2. The van der Waals surface area contributed by atoms with Crippen molar-refractivity contribution in [3.8, 4) is 0 Å². The SMILES string of the molecule is CCCCc1c(CCC)c(=O)[nH]n1C. The molecule has 0 aliphatic heterocycles. The van der Waals surface area contributed by atoms with Gasteiger partial charge in [0.25, 0.3) is 5.56 Å². The van der Waals surface area contributed by atoms with Gasteiger partial charge >= 0.3 is 0 Å². The minimum absolute atomic E-state index is 0.0976. The lowest BCUT2D eigenvalue weighted by Gasteiger charge is -2.03. The van der Waals surface area contributed by atoms with Crippen LogP contribution in [0.25, 0.3) is 0 Å². The maximum atomic E-state index is 11.5. The molecule has 80 valence electrons. The summed E-state index contributed by atoms with van der Waals surface area (Å²) in [6, 6.07) is 0. The maximum Gasteiger partial charge on any atom is 0.267 e. The predicted molar refractivity (Wildman–Crippen MR) is 58.6 cm³/mol. The quantitative estimate of drug-likeness (QED) is 0.768. The highest BCUT2D eigenvalue weighted by Gasteiger charge is 2.10. The van der Waals surface area contributed by atoms with Gasteiger partial charge in [-0.2, -0.15) is 0 Å². The molecule has 0 fully saturated rings. The normalized spacial score (nSPS) is 10.8. The van der Waals surface area contributed by atoms with Crippen molar-refractivity contribution in [3.05, 3.63) is 21.6 Å². The Morgan fingerprint density at radius 2 is 1.93 bits per heavy atom. The molecule has 3 heteroatoms. The van der Waals surface area contributed by atoms with Gasteiger partial charge in [-0.1, -0.05) is 26.7 Å². The summed E-state index contributed by atoms with van der Waals surface area (Å²) in [7, 11) is 1.92. The van der Waals surface area contributed by atoms with Gasteiger partial charge in [-0.25, -0.2) is 0 Å². The molecule has 0 bridgehead atoms. The van der Waals surface area contributed by atoms with Crippen LogP contribution in [0.1, 0.15) is 44.4 Å². The van der Waals surface area contributed by atoms with Crippen molar-refractivity contribution < 1.29 is 0 Å². The molecule has 1 rings (SSSR count). The van der Waals surface area contributed by atoms with Gasteiger partial charge in [-0.05, 0) is 19.3 Å². The molecular formula is C11H20N2O. The Kier molecular flexibility index (Phi) is 3.98. The van der Waals surface area contributed by atoms with Crippen molar-refractivity contribution >= 4 is 0 Å². The molecular weight excluding hydrogens is 176 g/mol. The van der Waals surface area contributed by atoms with E-state index in [0.717, 1.165) is 31.2 Å². The standard InChI is InChI=1S/C11H20N2O/c1-4-6-8-10-9(7-5-2)11(14)12-13(10)3/h4-8H2,1-3H3,(H,12,14). The molecule has 0 saturated carbocycles. The van der Waals surface area contributed by atoms with E-state index in [4.69, 9.17) is 0 Å². The lowest BCUT2D eigenvalue weighted by Crippen LogP contribution is -2.06. The van der Waals surface area contributed by atoms with Gasteiger partial charge in [-0.3, -0.25) is 14.6 Å². The van der Waals surface area contributed by atoms with Gasteiger partial charge in [0.2, 0.25) is 0 Å². The van der Waals surface area contributed by atoms with Crippen LogP contribution in [0.4, 0.5) is 0 Å². The summed E-state index contributed by atoms with van der Waals surface area (Å²) in [6.45, 7) is 4.28. The summed E-state index contributed by atoms with van der Waals surface area (Å²) in [5.74, 6) is 0. The molecule has 14 heavy (non-hydrogen) atoms. The third kappa shape index (κ3) is 2.28. The molecule has 1 aromatic heterocycles. The monoisotopic (exact) mass is 196 g/mol. The molecule has 1 heterocycles. The first-order valence-electron chi connectivity index (χ1n) is 5.47. The first kappa shape index (κ1) is 11.1. The fraction of sp³-hybridized carbons (Fsp3) is 0.727. The van der Waals surface area contributed by atoms with Crippen LogP contribution >= 0.6 is 0 Å². The van der Waals surface area contributed by atoms with E-state index in [-0.39, 0.29) is 5.56 Å². The molecule has 1 N–H and O–H groups in total. The first-order valence-corrected chi connectivity index (χ1v) is 5.47. The molecule has 0 aromatic carbocycles. The molecule has 0 atom stereocenters. The number of hydrogen-bond acceptors (Lipinski definition) is 1. The van der Waals surface area contributed by atoms with Crippen molar-refractivity contribution in [1.29, 1.82) is 0 Å². The maximum absolute atomic E-state index is 11.5. The van der Waals surface area contributed by atoms with E-state index in [9.17, 15) is 4.79 Å². The van der Waals surface area contributed by atoms with E-state index in [0.29, 0.717) is 0 Å². The minimum atomic E-state index is 0.0976. The third-order valence-corrected chi connectivity index (χ3v) is 2.56. The number of aromatic amines is 1. The van der Waals surface area contributed by atoms with Crippen molar-refractivity contribution in [1.82, 2.24) is 9.78 Å². The number of nitrogens with zero attached hydrogens (tertiary/aromatic N) is 1. The van der Waals surface area contributed by atoms with Crippen LogP contribution in [-0.4, -0.2) is 9.78 Å². The van der Waals surface area contributed by atoms with Gasteiger partial charge in [0.05, 0.1) is 0 Å². The Labute approximate surface area is 85.1 Å². The molecule has 0 unspecified atom stereocenters. The van der Waals surface area contributed by atoms with Crippen LogP contribution in [0.2, 0.25) is 0 Å². The Balaban J connectivity index is 2.92. The molecule has 0 radical (unpaired) electrons. The smallest absolute Gasteiger partial charge is 0.267 e. The molecule has 3 nitrogen and oxygen atoms in total. The zero-order valence-electron chi connectivity index (χ0n) is 9.39. The topological polar surface area (TPSA) is 37.8 Å². The van der Waals surface area contributed by atoms with Crippen molar-refractivity contribution in [2.24, 2.45) is 7.05 Å². The van der Waals surface area contributed by atoms with Crippen LogP contribution in [0.5, 0.6) is 0 Å². The van der Waals surface area contributed by atoms with Crippen molar-refractivity contribution in [2.75, 3.05) is 0 Å². The lowest BCUT2D eigenvalue weighted by molar-refractivity contribution is 0.668. The molecule has 0 saturated heterocycles. The summed E-state index contributed by atoms with van der Waals surface area (Å²) < 4.78 is 1.88. The van der Waals surface area contributed by atoms with Crippen LogP contribution in [0, 0.1) is 0 Å². The number of H-pyrrole nitrogens is 1. The number of nitrogens with one attached hydrogen (secondary N) is 1. The third-order valence-electron chi connectivity index (χ3n) is 2.56. The second-order valence-corrected chi connectivity index (χ2v) is 3.78. The van der Waals surface area contributed by atoms with E-state index >= 15 is 0 Å². The van der Waals surface area contributed by atoms with Crippen LogP contribution in [-0.2, 0) is 19.9 Å². The number of unbranched alkanes of at least 4 members (excludes halogenated alkanes) is 1. The molecule has 0 spiro atoms. The summed E-state index contributed by atoms with van der Waals surface area (Å²) in [5, 5.41) is 2.83. The van der Waals surface area contributed by atoms with Crippen LogP contribution in [0.15, 0.2) is 4.79 Å². The van der Waals surface area contributed by atoms with Gasteiger partial charge < -0.3 is 0 Å². The molecule has 0 amide bonds. The Morgan fingerprint density at radius 1 is 1.21 bits per heavy atom. The van der Waals surface area contributed by atoms with Crippen molar-refractivity contribution in [3.63, 3.8) is 0 Å². The summed E-state index contributed by atoms with van der Waals surface area (Å²) in [4.78, 5) is 11.5. The number of aryl methyl sites for hydroxylation is 1. The van der Waals surface area contributed by atoms with Gasteiger partial charge in [0.1, 0.15) is 0 Å². The van der Waals surface area contributed by atoms with Crippen molar-refractivity contribution in [2.45, 2.75) is 46.0 Å². The lowest BCUT2D eigenvalue weighted by atomic mass is 10.1.